The quantitative estimate of drug-likeness (QED) is 0.281. The number of β-amino-alcohol motifs (C(OH)–C–C–N with tert-alkyl or cyclic N) is 1. The van der Waals surface area contributed by atoms with Crippen LogP contribution in [0.1, 0.15) is 33.3 Å². The van der Waals surface area contributed by atoms with Gasteiger partial charge in [-0.25, -0.2) is 0 Å². The Bertz CT molecular complexity index is 823. The molecule has 0 bridgehead atoms. The Labute approximate surface area is 183 Å². The van der Waals surface area contributed by atoms with Crippen molar-refractivity contribution in [1.29, 1.82) is 0 Å². The highest BCUT2D eigenvalue weighted by atomic mass is 16.5. The molecule has 0 saturated carbocycles. The SMILES string of the molecule is CC(C)=NNc1ccc(OCC(C)(C)NCC(O)COc2ccccc2CCO)nn1. The maximum absolute atomic E-state index is 10.3. The minimum Gasteiger partial charge on any atom is -0.491 e. The zero-order chi connectivity index (χ0) is 22.7. The Morgan fingerprint density at radius 1 is 1.13 bits per heavy atom. The maximum atomic E-state index is 10.3. The number of benzene rings is 1. The Kier molecular flexibility index (Phi) is 9.64. The zero-order valence-corrected chi connectivity index (χ0v) is 18.6. The highest BCUT2D eigenvalue weighted by molar-refractivity contribution is 5.79. The second-order valence-electron chi connectivity index (χ2n) is 8.03. The predicted octanol–water partition coefficient (Wildman–Crippen LogP) is 2.01. The Hall–Kier alpha value is -2.75. The molecule has 1 heterocycles. The molecule has 1 aromatic carbocycles. The fraction of sp³-hybridized carbons (Fsp3) is 0.500. The Balaban J connectivity index is 1.75. The number of hydrogen-bond donors (Lipinski definition) is 4. The van der Waals surface area contributed by atoms with E-state index < -0.39 is 11.6 Å². The molecule has 1 aromatic heterocycles. The minimum atomic E-state index is -0.700. The van der Waals surface area contributed by atoms with Crippen LogP contribution in [0.5, 0.6) is 11.6 Å². The summed E-state index contributed by atoms with van der Waals surface area (Å²) in [5.74, 6) is 1.62. The number of para-hydroxylation sites is 1. The van der Waals surface area contributed by atoms with Crippen molar-refractivity contribution >= 4 is 11.5 Å². The lowest BCUT2D eigenvalue weighted by Gasteiger charge is -2.27. The summed E-state index contributed by atoms with van der Waals surface area (Å²) in [6.07, 6.45) is -0.186. The number of hydrogen-bond acceptors (Lipinski definition) is 9. The van der Waals surface area contributed by atoms with E-state index >= 15 is 0 Å². The lowest BCUT2D eigenvalue weighted by Crippen LogP contribution is -2.48. The van der Waals surface area contributed by atoms with E-state index in [1.165, 1.54) is 0 Å². The van der Waals surface area contributed by atoms with Crippen LogP contribution in [0.15, 0.2) is 41.5 Å². The molecule has 2 rings (SSSR count). The third-order valence-corrected chi connectivity index (χ3v) is 4.22. The van der Waals surface area contributed by atoms with Crippen LogP contribution in [0.2, 0.25) is 0 Å². The summed E-state index contributed by atoms with van der Waals surface area (Å²) in [5, 5.41) is 34.8. The second kappa shape index (κ2) is 12.2. The number of rotatable bonds is 13. The van der Waals surface area contributed by atoms with Crippen LogP contribution < -0.4 is 20.2 Å². The van der Waals surface area contributed by atoms with Crippen LogP contribution in [0, 0.1) is 0 Å². The van der Waals surface area contributed by atoms with Gasteiger partial charge in [-0.05, 0) is 51.8 Å². The summed E-state index contributed by atoms with van der Waals surface area (Å²) in [5.41, 5.74) is 4.20. The van der Waals surface area contributed by atoms with E-state index in [2.05, 4.69) is 26.0 Å². The highest BCUT2D eigenvalue weighted by Gasteiger charge is 2.20. The molecule has 170 valence electrons. The van der Waals surface area contributed by atoms with Gasteiger partial charge in [-0.15, -0.1) is 10.2 Å². The van der Waals surface area contributed by atoms with E-state index in [1.807, 2.05) is 52.0 Å². The lowest BCUT2D eigenvalue weighted by atomic mass is 10.1. The van der Waals surface area contributed by atoms with Crippen LogP contribution in [-0.2, 0) is 6.42 Å². The Morgan fingerprint density at radius 2 is 1.90 bits per heavy atom. The maximum Gasteiger partial charge on any atom is 0.233 e. The highest BCUT2D eigenvalue weighted by Crippen LogP contribution is 2.18. The smallest absolute Gasteiger partial charge is 0.233 e. The molecular weight excluding hydrogens is 398 g/mol. The molecule has 0 aliphatic heterocycles. The van der Waals surface area contributed by atoms with Gasteiger partial charge >= 0.3 is 0 Å². The molecule has 0 saturated heterocycles. The van der Waals surface area contributed by atoms with Crippen molar-refractivity contribution < 1.29 is 19.7 Å². The molecule has 0 radical (unpaired) electrons. The normalized spacial score (nSPS) is 12.2. The molecule has 0 amide bonds. The van der Waals surface area contributed by atoms with Crippen LogP contribution in [0.4, 0.5) is 5.82 Å². The summed E-state index contributed by atoms with van der Waals surface area (Å²) in [6, 6.07) is 11.0. The average Bonchev–Trinajstić information content (AvgIpc) is 2.75. The van der Waals surface area contributed by atoms with Crippen molar-refractivity contribution in [2.75, 3.05) is 31.8 Å². The van der Waals surface area contributed by atoms with Crippen molar-refractivity contribution in [2.45, 2.75) is 45.8 Å². The zero-order valence-electron chi connectivity index (χ0n) is 18.6. The van der Waals surface area contributed by atoms with Gasteiger partial charge in [-0.3, -0.25) is 5.43 Å². The largest absolute Gasteiger partial charge is 0.491 e. The van der Waals surface area contributed by atoms with Crippen molar-refractivity contribution in [3.05, 3.63) is 42.0 Å². The molecule has 2 aromatic rings. The molecule has 1 unspecified atom stereocenters. The summed E-state index contributed by atoms with van der Waals surface area (Å²) in [7, 11) is 0. The van der Waals surface area contributed by atoms with E-state index in [4.69, 9.17) is 14.6 Å². The van der Waals surface area contributed by atoms with Crippen molar-refractivity contribution in [1.82, 2.24) is 15.5 Å². The van der Waals surface area contributed by atoms with Gasteiger partial charge < -0.3 is 25.0 Å². The topological polar surface area (TPSA) is 121 Å². The summed E-state index contributed by atoms with van der Waals surface area (Å²) < 4.78 is 11.4. The van der Waals surface area contributed by atoms with Gasteiger partial charge in [0, 0.05) is 30.5 Å². The number of aromatic nitrogens is 2. The van der Waals surface area contributed by atoms with Crippen LogP contribution in [-0.4, -0.2) is 64.1 Å². The standard InChI is InChI=1S/C22H33N5O4/c1-16(2)24-25-20-9-10-21(27-26-20)31-15-22(3,4)23-13-18(29)14-30-19-8-6-5-7-17(19)11-12-28/h5-10,18,23,28-29H,11-15H2,1-4H3,(H,25,26). The number of aliphatic hydroxyl groups is 2. The Morgan fingerprint density at radius 3 is 2.58 bits per heavy atom. The fourth-order valence-corrected chi connectivity index (χ4v) is 2.54. The molecule has 4 N–H and O–H groups in total. The molecule has 31 heavy (non-hydrogen) atoms. The molecule has 0 spiro atoms. The molecule has 1 atom stereocenters. The number of hydrazone groups is 1. The summed E-state index contributed by atoms with van der Waals surface area (Å²) in [6.45, 7) is 8.58. The van der Waals surface area contributed by atoms with Gasteiger partial charge in [0.25, 0.3) is 0 Å². The van der Waals surface area contributed by atoms with Crippen LogP contribution >= 0.6 is 0 Å². The van der Waals surface area contributed by atoms with E-state index in [9.17, 15) is 5.11 Å². The van der Waals surface area contributed by atoms with Crippen molar-refractivity contribution in [3.8, 4) is 11.6 Å². The number of ether oxygens (including phenoxy) is 2. The number of anilines is 1. The van der Waals surface area contributed by atoms with E-state index in [1.54, 1.807) is 12.1 Å². The molecule has 0 aliphatic rings. The van der Waals surface area contributed by atoms with Gasteiger partial charge in [-0.2, -0.15) is 5.10 Å². The van der Waals surface area contributed by atoms with Crippen LogP contribution in [0.25, 0.3) is 0 Å². The van der Waals surface area contributed by atoms with Gasteiger partial charge in [-0.1, -0.05) is 18.2 Å². The first-order chi connectivity index (χ1) is 14.8. The first kappa shape index (κ1) is 24.5. The third-order valence-electron chi connectivity index (χ3n) is 4.22. The van der Waals surface area contributed by atoms with Crippen LogP contribution in [0.3, 0.4) is 0 Å². The van der Waals surface area contributed by atoms with Gasteiger partial charge in [0.2, 0.25) is 5.88 Å². The van der Waals surface area contributed by atoms with E-state index in [0.717, 1.165) is 11.3 Å². The fourth-order valence-electron chi connectivity index (χ4n) is 2.54. The first-order valence-electron chi connectivity index (χ1n) is 10.3. The predicted molar refractivity (Wildman–Crippen MR) is 121 cm³/mol. The molecule has 9 heteroatoms. The van der Waals surface area contributed by atoms with Gasteiger partial charge in [0.05, 0.1) is 0 Å². The average molecular weight is 432 g/mol. The minimum absolute atomic E-state index is 0.0502. The summed E-state index contributed by atoms with van der Waals surface area (Å²) in [4.78, 5) is 0. The number of aliphatic hydroxyl groups excluding tert-OH is 2. The lowest BCUT2D eigenvalue weighted by molar-refractivity contribution is 0.0917. The summed E-state index contributed by atoms with van der Waals surface area (Å²) >= 11 is 0. The van der Waals surface area contributed by atoms with Gasteiger partial charge in [0.1, 0.15) is 25.1 Å². The molecule has 9 nitrogen and oxygen atoms in total. The van der Waals surface area contributed by atoms with E-state index in [-0.39, 0.29) is 13.2 Å². The molecule has 0 aliphatic carbocycles. The van der Waals surface area contributed by atoms with Gasteiger partial charge in [0.15, 0.2) is 5.82 Å². The molecular formula is C22H33N5O4. The molecule has 0 fully saturated rings. The third kappa shape index (κ3) is 9.29. The second-order valence-corrected chi connectivity index (χ2v) is 8.03. The number of nitrogens with zero attached hydrogens (tertiary/aromatic N) is 3. The monoisotopic (exact) mass is 431 g/mol. The van der Waals surface area contributed by atoms with E-state index in [0.29, 0.717) is 37.0 Å². The number of nitrogens with one attached hydrogen (secondary N) is 2. The van der Waals surface area contributed by atoms with Crippen molar-refractivity contribution in [3.63, 3.8) is 0 Å². The first-order valence-corrected chi connectivity index (χ1v) is 10.3. The van der Waals surface area contributed by atoms with Crippen molar-refractivity contribution in [2.24, 2.45) is 5.10 Å².